The number of aromatic nitrogens is 3. The Bertz CT molecular complexity index is 1180. The van der Waals surface area contributed by atoms with Gasteiger partial charge in [0.05, 0.1) is 10.6 Å². The number of hydrogen-bond donors (Lipinski definition) is 3. The number of hydrogen-bond acceptors (Lipinski definition) is 7. The summed E-state index contributed by atoms with van der Waals surface area (Å²) in [6.45, 7) is 5.68. The van der Waals surface area contributed by atoms with Gasteiger partial charge in [-0.25, -0.2) is 19.7 Å². The van der Waals surface area contributed by atoms with Gasteiger partial charge in [-0.1, -0.05) is 23.5 Å². The molecule has 0 bridgehead atoms. The van der Waals surface area contributed by atoms with Crippen LogP contribution in [0.5, 0.6) is 0 Å². The van der Waals surface area contributed by atoms with E-state index in [0.717, 1.165) is 16.9 Å². The SMILES string of the molecule is CC(C)(C)N(Cc1ccc(Nc2nccc(-c3cnc(NC(=O)C(F)(F)F)s3)n2)cc1)C(=O)O. The molecule has 1 aromatic carbocycles. The van der Waals surface area contributed by atoms with E-state index in [9.17, 15) is 27.9 Å². The second kappa shape index (κ2) is 9.63. The third-order valence-electron chi connectivity index (χ3n) is 4.48. The zero-order chi connectivity index (χ0) is 25.1. The Labute approximate surface area is 196 Å². The van der Waals surface area contributed by atoms with Gasteiger partial charge in [0.15, 0.2) is 5.13 Å². The smallest absolute Gasteiger partial charge is 0.465 e. The number of nitrogens with one attached hydrogen (secondary N) is 2. The van der Waals surface area contributed by atoms with Gasteiger partial charge in [0.2, 0.25) is 5.95 Å². The summed E-state index contributed by atoms with van der Waals surface area (Å²) in [5, 5.41) is 14.0. The van der Waals surface area contributed by atoms with E-state index < -0.39 is 23.7 Å². The average Bonchev–Trinajstić information content (AvgIpc) is 3.20. The Morgan fingerprint density at radius 1 is 1.09 bits per heavy atom. The summed E-state index contributed by atoms with van der Waals surface area (Å²) < 4.78 is 37.2. The standard InChI is InChI=1S/C21H21F3N6O3S/c1-20(2,3)30(19(32)33)11-12-4-6-13(7-5-12)27-17-25-9-8-14(28-17)15-10-26-18(34-15)29-16(31)21(22,23)24/h4-10H,11H2,1-3H3,(H,32,33)(H,25,27,28)(H,26,29,31). The molecule has 0 radical (unpaired) electrons. The predicted octanol–water partition coefficient (Wildman–Crippen LogP) is 5.12. The van der Waals surface area contributed by atoms with Crippen LogP contribution in [0.4, 0.5) is 34.7 Å². The van der Waals surface area contributed by atoms with Crippen LogP contribution < -0.4 is 10.6 Å². The molecule has 0 spiro atoms. The van der Waals surface area contributed by atoms with Gasteiger partial charge in [-0.2, -0.15) is 13.2 Å². The molecule has 0 atom stereocenters. The van der Waals surface area contributed by atoms with Crippen molar-refractivity contribution in [3.63, 3.8) is 0 Å². The van der Waals surface area contributed by atoms with Gasteiger partial charge in [0, 0.05) is 30.2 Å². The summed E-state index contributed by atoms with van der Waals surface area (Å²) in [6, 6.07) is 8.64. The summed E-state index contributed by atoms with van der Waals surface area (Å²) in [7, 11) is 0. The van der Waals surface area contributed by atoms with Crippen LogP contribution >= 0.6 is 11.3 Å². The number of carboxylic acid groups (broad SMARTS) is 1. The van der Waals surface area contributed by atoms with Crippen LogP contribution in [-0.2, 0) is 11.3 Å². The maximum Gasteiger partial charge on any atom is 0.471 e. The van der Waals surface area contributed by atoms with Gasteiger partial charge < -0.3 is 10.4 Å². The van der Waals surface area contributed by atoms with Crippen LogP contribution in [0, 0.1) is 0 Å². The molecule has 0 unspecified atom stereocenters. The molecule has 34 heavy (non-hydrogen) atoms. The van der Waals surface area contributed by atoms with E-state index in [2.05, 4.69) is 20.3 Å². The molecule has 0 aliphatic carbocycles. The van der Waals surface area contributed by atoms with Crippen LogP contribution in [0.2, 0.25) is 0 Å². The molecule has 2 heterocycles. The summed E-state index contributed by atoms with van der Waals surface area (Å²) in [5.41, 5.74) is 1.31. The highest BCUT2D eigenvalue weighted by Gasteiger charge is 2.39. The highest BCUT2D eigenvalue weighted by Crippen LogP contribution is 2.29. The Kier molecular flexibility index (Phi) is 7.05. The van der Waals surface area contributed by atoms with Gasteiger partial charge >= 0.3 is 18.2 Å². The van der Waals surface area contributed by atoms with Crippen molar-refractivity contribution in [1.29, 1.82) is 0 Å². The number of amides is 2. The lowest BCUT2D eigenvalue weighted by atomic mass is 10.1. The summed E-state index contributed by atoms with van der Waals surface area (Å²) in [6.07, 6.45) is -3.24. The fraction of sp³-hybridized carbons (Fsp3) is 0.286. The molecule has 13 heteroatoms. The second-order valence-corrected chi connectivity index (χ2v) is 9.14. The van der Waals surface area contributed by atoms with Crippen LogP contribution in [0.25, 0.3) is 10.6 Å². The molecule has 3 rings (SSSR count). The Morgan fingerprint density at radius 3 is 2.35 bits per heavy atom. The lowest BCUT2D eigenvalue weighted by Crippen LogP contribution is -2.44. The van der Waals surface area contributed by atoms with Crippen molar-refractivity contribution in [3.8, 4) is 10.6 Å². The number of carbonyl (C=O) groups excluding carboxylic acids is 1. The molecule has 180 valence electrons. The molecule has 2 aromatic heterocycles. The molecular weight excluding hydrogens is 473 g/mol. The first-order chi connectivity index (χ1) is 15.8. The molecule has 0 aliphatic heterocycles. The molecular formula is C21H21F3N6O3S. The van der Waals surface area contributed by atoms with E-state index in [1.54, 1.807) is 35.6 Å². The van der Waals surface area contributed by atoms with Crippen LogP contribution in [0.15, 0.2) is 42.7 Å². The van der Waals surface area contributed by atoms with Crippen LogP contribution in [0.3, 0.4) is 0 Å². The fourth-order valence-electron chi connectivity index (χ4n) is 2.77. The van der Waals surface area contributed by atoms with E-state index in [0.29, 0.717) is 16.3 Å². The zero-order valence-corrected chi connectivity index (χ0v) is 19.2. The van der Waals surface area contributed by atoms with Gasteiger partial charge in [-0.15, -0.1) is 0 Å². The third kappa shape index (κ3) is 6.41. The van der Waals surface area contributed by atoms with Crippen molar-refractivity contribution in [2.45, 2.75) is 39.0 Å². The lowest BCUT2D eigenvalue weighted by molar-refractivity contribution is -0.167. The van der Waals surface area contributed by atoms with Crippen molar-refractivity contribution in [3.05, 3.63) is 48.3 Å². The number of halogens is 3. The van der Waals surface area contributed by atoms with E-state index in [1.165, 1.54) is 17.3 Å². The van der Waals surface area contributed by atoms with Gasteiger partial charge in [-0.05, 0) is 44.5 Å². The van der Waals surface area contributed by atoms with Crippen LogP contribution in [-0.4, -0.2) is 48.7 Å². The monoisotopic (exact) mass is 494 g/mol. The molecule has 0 aliphatic rings. The minimum absolute atomic E-state index is 0.202. The first-order valence-corrected chi connectivity index (χ1v) is 10.7. The number of thiazole rings is 1. The highest BCUT2D eigenvalue weighted by molar-refractivity contribution is 7.19. The highest BCUT2D eigenvalue weighted by atomic mass is 32.1. The second-order valence-electron chi connectivity index (χ2n) is 8.11. The van der Waals surface area contributed by atoms with Crippen molar-refractivity contribution >= 4 is 40.1 Å². The minimum atomic E-state index is -5.01. The topological polar surface area (TPSA) is 120 Å². The Balaban J connectivity index is 1.69. The van der Waals surface area contributed by atoms with E-state index in [4.69, 9.17) is 0 Å². The largest absolute Gasteiger partial charge is 0.471 e. The van der Waals surface area contributed by atoms with Crippen molar-refractivity contribution in [2.75, 3.05) is 10.6 Å². The fourth-order valence-corrected chi connectivity index (χ4v) is 3.55. The number of rotatable bonds is 6. The molecule has 3 N–H and O–H groups in total. The first-order valence-electron chi connectivity index (χ1n) is 9.87. The summed E-state index contributed by atoms with van der Waals surface area (Å²) in [5.74, 6) is -1.86. The minimum Gasteiger partial charge on any atom is -0.465 e. The van der Waals surface area contributed by atoms with Gasteiger partial charge in [0.1, 0.15) is 0 Å². The Hall–Kier alpha value is -3.74. The molecule has 9 nitrogen and oxygen atoms in total. The van der Waals surface area contributed by atoms with E-state index in [1.807, 2.05) is 20.8 Å². The van der Waals surface area contributed by atoms with Crippen molar-refractivity contribution < 1.29 is 27.9 Å². The third-order valence-corrected chi connectivity index (χ3v) is 5.42. The van der Waals surface area contributed by atoms with E-state index >= 15 is 0 Å². The quantitative estimate of drug-likeness (QED) is 0.435. The van der Waals surface area contributed by atoms with Crippen LogP contribution in [0.1, 0.15) is 26.3 Å². The van der Waals surface area contributed by atoms with Gasteiger partial charge in [-0.3, -0.25) is 15.0 Å². The predicted molar refractivity (Wildman–Crippen MR) is 121 cm³/mol. The number of carbonyl (C=O) groups is 2. The Morgan fingerprint density at radius 2 is 1.76 bits per heavy atom. The molecule has 0 saturated heterocycles. The van der Waals surface area contributed by atoms with Crippen molar-refractivity contribution in [1.82, 2.24) is 19.9 Å². The normalized spacial score (nSPS) is 11.7. The number of benzene rings is 1. The molecule has 3 aromatic rings. The molecule has 2 amide bonds. The summed E-state index contributed by atoms with van der Waals surface area (Å²) in [4.78, 5) is 36.6. The lowest BCUT2D eigenvalue weighted by Gasteiger charge is -2.33. The molecule has 0 saturated carbocycles. The number of alkyl halides is 3. The van der Waals surface area contributed by atoms with Crippen molar-refractivity contribution in [2.24, 2.45) is 0 Å². The molecule has 0 fully saturated rings. The number of nitrogens with zero attached hydrogens (tertiary/aromatic N) is 4. The maximum absolute atomic E-state index is 12.4. The van der Waals surface area contributed by atoms with Gasteiger partial charge in [0.25, 0.3) is 0 Å². The zero-order valence-electron chi connectivity index (χ0n) is 18.3. The average molecular weight is 494 g/mol. The number of anilines is 3. The maximum atomic E-state index is 12.4. The first kappa shape index (κ1) is 24.9. The van der Waals surface area contributed by atoms with E-state index in [-0.39, 0.29) is 17.6 Å². The summed E-state index contributed by atoms with van der Waals surface area (Å²) >= 11 is 0.844.